The lowest BCUT2D eigenvalue weighted by Gasteiger charge is -2.11. The Hall–Kier alpha value is -2.65. The number of benzene rings is 2. The van der Waals surface area contributed by atoms with Gasteiger partial charge in [-0.3, -0.25) is 0 Å². The molecule has 0 saturated heterocycles. The predicted octanol–water partition coefficient (Wildman–Crippen LogP) is 3.94. The molecule has 0 radical (unpaired) electrons. The molecule has 1 aliphatic rings. The average Bonchev–Trinajstić information content (AvgIpc) is 3.35. The molecule has 0 atom stereocenters. The zero-order valence-electron chi connectivity index (χ0n) is 15.3. The van der Waals surface area contributed by atoms with Crippen LogP contribution in [0, 0.1) is 0 Å². The molecule has 9 nitrogen and oxygen atoms in total. The smallest absolute Gasteiger partial charge is 0.388 e. The van der Waals surface area contributed by atoms with Crippen molar-refractivity contribution in [1.82, 2.24) is 5.16 Å². The first-order valence-electron chi connectivity index (χ1n) is 8.25. The molecule has 2 N–H and O–H groups in total. The summed E-state index contributed by atoms with van der Waals surface area (Å²) in [5, 5.41) is 4.09. The van der Waals surface area contributed by atoms with Gasteiger partial charge in [0.15, 0.2) is 11.5 Å². The zero-order valence-corrected chi connectivity index (χ0v) is 17.0. The van der Waals surface area contributed by atoms with Gasteiger partial charge in [0.05, 0.1) is 19.1 Å². The molecule has 0 amide bonds. The zero-order chi connectivity index (χ0) is 20.6. The number of methoxy groups -OCH3 is 2. The van der Waals surface area contributed by atoms with E-state index in [2.05, 4.69) is 5.16 Å². The fraction of sp³-hybridized carbons (Fsp3) is 0.167. The fourth-order valence-electron chi connectivity index (χ4n) is 2.96. The SMILES string of the molecule is COc1ccc(-c2conc2-c2cc(OC)c3c(c2)OCO3)cc1SP(=O)(O)O. The Labute approximate surface area is 169 Å². The Morgan fingerprint density at radius 1 is 1.07 bits per heavy atom. The minimum atomic E-state index is -4.36. The maximum absolute atomic E-state index is 11.5. The summed E-state index contributed by atoms with van der Waals surface area (Å²) in [5.74, 6) is 1.90. The molecule has 2 heterocycles. The van der Waals surface area contributed by atoms with Crippen molar-refractivity contribution in [2.24, 2.45) is 0 Å². The van der Waals surface area contributed by atoms with E-state index in [9.17, 15) is 14.4 Å². The minimum absolute atomic E-state index is 0.0995. The summed E-state index contributed by atoms with van der Waals surface area (Å²) >= 11 is 0.422. The minimum Gasteiger partial charge on any atom is -0.496 e. The summed E-state index contributed by atoms with van der Waals surface area (Å²) < 4.78 is 38.1. The number of ether oxygens (including phenoxy) is 4. The number of fused-ring (bicyclic) bond motifs is 1. The van der Waals surface area contributed by atoms with Crippen molar-refractivity contribution >= 4 is 18.2 Å². The molecule has 152 valence electrons. The van der Waals surface area contributed by atoms with Crippen LogP contribution in [0.2, 0.25) is 0 Å². The highest BCUT2D eigenvalue weighted by Crippen LogP contribution is 2.57. The predicted molar refractivity (Wildman–Crippen MR) is 105 cm³/mol. The van der Waals surface area contributed by atoms with Crippen LogP contribution in [0.15, 0.2) is 46.0 Å². The van der Waals surface area contributed by atoms with Crippen molar-refractivity contribution in [2.75, 3.05) is 21.0 Å². The van der Waals surface area contributed by atoms with Gasteiger partial charge >= 0.3 is 6.80 Å². The molecule has 0 spiro atoms. The van der Waals surface area contributed by atoms with Gasteiger partial charge in [0.25, 0.3) is 0 Å². The highest BCUT2D eigenvalue weighted by molar-refractivity contribution is 8.54. The number of hydrogen-bond donors (Lipinski definition) is 2. The Morgan fingerprint density at radius 2 is 1.86 bits per heavy atom. The number of rotatable bonds is 6. The third kappa shape index (κ3) is 3.92. The van der Waals surface area contributed by atoms with Crippen LogP contribution in [0.4, 0.5) is 0 Å². The maximum Gasteiger partial charge on any atom is 0.388 e. The van der Waals surface area contributed by atoms with E-state index in [1.165, 1.54) is 20.5 Å². The van der Waals surface area contributed by atoms with E-state index in [0.29, 0.717) is 61.7 Å². The lowest BCUT2D eigenvalue weighted by atomic mass is 10.0. The molecule has 11 heteroatoms. The Bertz CT molecular complexity index is 1110. The van der Waals surface area contributed by atoms with Gasteiger partial charge in [0.1, 0.15) is 17.7 Å². The van der Waals surface area contributed by atoms with E-state index in [-0.39, 0.29) is 6.79 Å². The number of nitrogens with zero attached hydrogens (tertiary/aromatic N) is 1. The van der Waals surface area contributed by atoms with Crippen molar-refractivity contribution in [3.8, 4) is 45.4 Å². The normalized spacial score (nSPS) is 12.8. The molecule has 0 aliphatic carbocycles. The molecule has 0 bridgehead atoms. The van der Waals surface area contributed by atoms with E-state index in [0.717, 1.165) is 0 Å². The number of hydrogen-bond acceptors (Lipinski definition) is 8. The van der Waals surface area contributed by atoms with E-state index >= 15 is 0 Å². The van der Waals surface area contributed by atoms with Gasteiger partial charge in [-0.25, -0.2) is 4.57 Å². The van der Waals surface area contributed by atoms with Crippen molar-refractivity contribution < 1.29 is 37.8 Å². The molecule has 1 aliphatic heterocycles. The lowest BCUT2D eigenvalue weighted by molar-refractivity contribution is 0.171. The second-order valence-electron chi connectivity index (χ2n) is 5.94. The summed E-state index contributed by atoms with van der Waals surface area (Å²) in [6.07, 6.45) is 1.46. The van der Waals surface area contributed by atoms with Crippen LogP contribution in [-0.2, 0) is 4.57 Å². The van der Waals surface area contributed by atoms with Crippen LogP contribution in [0.3, 0.4) is 0 Å². The van der Waals surface area contributed by atoms with E-state index in [4.69, 9.17) is 23.5 Å². The molecule has 29 heavy (non-hydrogen) atoms. The van der Waals surface area contributed by atoms with Gasteiger partial charge < -0.3 is 33.3 Å². The van der Waals surface area contributed by atoms with Gasteiger partial charge in [-0.15, -0.1) is 0 Å². The van der Waals surface area contributed by atoms with Crippen LogP contribution < -0.4 is 18.9 Å². The first-order valence-corrected chi connectivity index (χ1v) is 11.3. The first kappa shape index (κ1) is 19.7. The molecule has 3 aromatic rings. The van der Waals surface area contributed by atoms with E-state index in [1.54, 1.807) is 30.3 Å². The Kier molecular flexibility index (Phi) is 5.18. The molecule has 0 saturated carbocycles. The summed E-state index contributed by atoms with van der Waals surface area (Å²) in [7, 11) is 2.96. The lowest BCUT2D eigenvalue weighted by Crippen LogP contribution is -1.93. The fourth-order valence-corrected chi connectivity index (χ4v) is 4.83. The van der Waals surface area contributed by atoms with Crippen molar-refractivity contribution in [2.45, 2.75) is 4.90 Å². The van der Waals surface area contributed by atoms with Crippen LogP contribution in [0.25, 0.3) is 22.4 Å². The van der Waals surface area contributed by atoms with Crippen LogP contribution >= 0.6 is 18.2 Å². The van der Waals surface area contributed by atoms with Crippen molar-refractivity contribution in [1.29, 1.82) is 0 Å². The van der Waals surface area contributed by atoms with Crippen molar-refractivity contribution in [3.63, 3.8) is 0 Å². The molecule has 1 aromatic heterocycles. The molecule has 0 unspecified atom stereocenters. The third-order valence-electron chi connectivity index (χ3n) is 4.19. The topological polar surface area (TPSA) is 120 Å². The summed E-state index contributed by atoms with van der Waals surface area (Å²) in [6, 6.07) is 8.51. The van der Waals surface area contributed by atoms with Crippen LogP contribution in [0.5, 0.6) is 23.0 Å². The first-order chi connectivity index (χ1) is 13.9. The summed E-state index contributed by atoms with van der Waals surface area (Å²) in [6.45, 7) is -4.26. The monoisotopic (exact) mass is 437 g/mol. The van der Waals surface area contributed by atoms with Gasteiger partial charge in [0, 0.05) is 11.1 Å². The van der Waals surface area contributed by atoms with Gasteiger partial charge in [-0.05, 0) is 41.2 Å². The summed E-state index contributed by atoms with van der Waals surface area (Å²) in [5.41, 5.74) is 2.46. The maximum atomic E-state index is 11.5. The molecule has 0 fully saturated rings. The second kappa shape index (κ2) is 7.64. The number of aromatic nitrogens is 1. The average molecular weight is 437 g/mol. The van der Waals surface area contributed by atoms with Gasteiger partial charge in [-0.2, -0.15) is 0 Å². The van der Waals surface area contributed by atoms with E-state index < -0.39 is 6.80 Å². The Balaban J connectivity index is 1.80. The van der Waals surface area contributed by atoms with Gasteiger partial charge in [-0.1, -0.05) is 11.2 Å². The van der Waals surface area contributed by atoms with Crippen molar-refractivity contribution in [3.05, 3.63) is 36.6 Å². The molecular formula is C18H16NO8PS. The van der Waals surface area contributed by atoms with Gasteiger partial charge in [0.2, 0.25) is 12.5 Å². The standard InChI is InChI=1S/C18H16NO8PS/c1-23-13-4-3-10(7-16(13)29-28(20,21)22)12-8-27-19-17(12)11-5-14(24-2)18-15(6-11)25-9-26-18/h3-8H,9H2,1-2H3,(H2,20,21,22). The molecular weight excluding hydrogens is 421 g/mol. The third-order valence-corrected chi connectivity index (χ3v) is 6.25. The van der Waals surface area contributed by atoms with E-state index in [1.807, 2.05) is 0 Å². The highest BCUT2D eigenvalue weighted by Gasteiger charge is 2.24. The van der Waals surface area contributed by atoms with Crippen LogP contribution in [0.1, 0.15) is 0 Å². The second-order valence-corrected chi connectivity index (χ2v) is 9.51. The highest BCUT2D eigenvalue weighted by atomic mass is 32.7. The largest absolute Gasteiger partial charge is 0.496 e. The quantitative estimate of drug-likeness (QED) is 0.549. The summed E-state index contributed by atoms with van der Waals surface area (Å²) in [4.78, 5) is 19.0. The Morgan fingerprint density at radius 3 is 2.59 bits per heavy atom. The molecule has 2 aromatic carbocycles. The molecule has 4 rings (SSSR count). The van der Waals surface area contributed by atoms with Crippen LogP contribution in [-0.4, -0.2) is 36.0 Å².